The average molecular weight is 180 g/mol. The lowest BCUT2D eigenvalue weighted by Gasteiger charge is -1.96. The minimum absolute atomic E-state index is 0.122. The number of rotatable bonds is 6. The van der Waals surface area contributed by atoms with E-state index in [1.165, 1.54) is 0 Å². The van der Waals surface area contributed by atoms with Gasteiger partial charge in [-0.2, -0.15) is 0 Å². The zero-order valence-corrected chi connectivity index (χ0v) is 8.21. The van der Waals surface area contributed by atoms with E-state index in [-0.39, 0.29) is 6.61 Å². The average Bonchev–Trinajstić information content (AvgIpc) is 2.08. The molecule has 0 saturated heterocycles. The first-order chi connectivity index (χ1) is 5.83. The molecule has 0 unspecified atom stereocenters. The van der Waals surface area contributed by atoms with Crippen LogP contribution in [0.5, 0.6) is 0 Å². The maximum Gasteiger partial charge on any atom is 0.0700 e. The molecular formula is C8H20O4. The van der Waals surface area contributed by atoms with Crippen molar-refractivity contribution in [2.45, 2.75) is 6.92 Å². The van der Waals surface area contributed by atoms with Gasteiger partial charge in [0, 0.05) is 20.8 Å². The van der Waals surface area contributed by atoms with Crippen molar-refractivity contribution in [1.29, 1.82) is 0 Å². The molecule has 12 heavy (non-hydrogen) atoms. The second-order valence-corrected chi connectivity index (χ2v) is 1.91. The van der Waals surface area contributed by atoms with Gasteiger partial charge in [0.05, 0.1) is 26.4 Å². The van der Waals surface area contributed by atoms with Gasteiger partial charge in [0.2, 0.25) is 0 Å². The largest absolute Gasteiger partial charge is 0.394 e. The van der Waals surface area contributed by atoms with Gasteiger partial charge in [-0.25, -0.2) is 0 Å². The summed E-state index contributed by atoms with van der Waals surface area (Å²) in [6.45, 7) is 4.73. The van der Waals surface area contributed by atoms with Gasteiger partial charge in [-0.3, -0.25) is 0 Å². The second-order valence-electron chi connectivity index (χ2n) is 1.91. The van der Waals surface area contributed by atoms with E-state index in [4.69, 9.17) is 14.6 Å². The predicted octanol–water partition coefficient (Wildman–Crippen LogP) is 0.294. The highest BCUT2D eigenvalue weighted by atomic mass is 16.5. The third-order valence-corrected chi connectivity index (χ3v) is 0.931. The van der Waals surface area contributed by atoms with E-state index < -0.39 is 0 Å². The molecule has 76 valence electrons. The van der Waals surface area contributed by atoms with Gasteiger partial charge < -0.3 is 19.3 Å². The fraction of sp³-hybridized carbons (Fsp3) is 1.00. The third kappa shape index (κ3) is 22.5. The molecule has 0 amide bonds. The fourth-order valence-electron chi connectivity index (χ4n) is 0.378. The summed E-state index contributed by atoms with van der Waals surface area (Å²) in [5, 5.41) is 7.94. The number of methoxy groups -OCH3 is 2. The zero-order valence-electron chi connectivity index (χ0n) is 8.21. The molecule has 0 saturated carbocycles. The van der Waals surface area contributed by atoms with Crippen LogP contribution in [0, 0.1) is 0 Å². The summed E-state index contributed by atoms with van der Waals surface area (Å²) < 4.78 is 14.1. The summed E-state index contributed by atoms with van der Waals surface area (Å²) >= 11 is 0. The highest BCUT2D eigenvalue weighted by Crippen LogP contribution is 1.71. The minimum Gasteiger partial charge on any atom is -0.394 e. The van der Waals surface area contributed by atoms with Gasteiger partial charge in [-0.05, 0) is 6.92 Å². The number of hydrogen-bond donors (Lipinski definition) is 1. The van der Waals surface area contributed by atoms with E-state index in [0.717, 1.165) is 6.61 Å². The van der Waals surface area contributed by atoms with Crippen LogP contribution in [0.4, 0.5) is 0 Å². The summed E-state index contributed by atoms with van der Waals surface area (Å²) in [6, 6.07) is 0. The lowest BCUT2D eigenvalue weighted by Crippen LogP contribution is -2.00. The zero-order chi connectivity index (χ0) is 9.66. The van der Waals surface area contributed by atoms with Crippen molar-refractivity contribution in [2.75, 3.05) is 47.3 Å². The number of aliphatic hydroxyl groups is 1. The van der Waals surface area contributed by atoms with Crippen molar-refractivity contribution in [3.63, 3.8) is 0 Å². The van der Waals surface area contributed by atoms with Crippen LogP contribution in [-0.4, -0.2) is 52.4 Å². The third-order valence-electron chi connectivity index (χ3n) is 0.931. The monoisotopic (exact) mass is 180 g/mol. The summed E-state index contributed by atoms with van der Waals surface area (Å²) in [5.41, 5.74) is 0. The molecule has 0 spiro atoms. The van der Waals surface area contributed by atoms with Crippen molar-refractivity contribution in [3.05, 3.63) is 0 Å². The molecule has 4 nitrogen and oxygen atoms in total. The summed E-state index contributed by atoms with van der Waals surface area (Å²) in [4.78, 5) is 0. The molecule has 0 aliphatic rings. The standard InChI is InChI=1S/C5H12O2.C3H8O2/c1-3-7-5-4-6-2;1-5-3-2-4/h3-5H2,1-2H3;4H,2-3H2,1H3. The first kappa shape index (κ1) is 14.4. The molecule has 4 heteroatoms. The van der Waals surface area contributed by atoms with Crippen molar-refractivity contribution >= 4 is 0 Å². The topological polar surface area (TPSA) is 47.9 Å². The molecule has 0 bridgehead atoms. The number of aliphatic hydroxyl groups excluding tert-OH is 1. The van der Waals surface area contributed by atoms with Gasteiger partial charge in [-0.1, -0.05) is 0 Å². The van der Waals surface area contributed by atoms with Crippen LogP contribution in [0.2, 0.25) is 0 Å². The fourth-order valence-corrected chi connectivity index (χ4v) is 0.378. The Morgan fingerprint density at radius 1 is 1.00 bits per heavy atom. The Hall–Kier alpha value is -0.160. The highest BCUT2D eigenvalue weighted by Gasteiger charge is 1.78. The Morgan fingerprint density at radius 3 is 1.83 bits per heavy atom. The van der Waals surface area contributed by atoms with Crippen LogP contribution in [0.15, 0.2) is 0 Å². The van der Waals surface area contributed by atoms with Crippen LogP contribution in [0.3, 0.4) is 0 Å². The quantitative estimate of drug-likeness (QED) is 0.597. The smallest absolute Gasteiger partial charge is 0.0700 e. The van der Waals surface area contributed by atoms with Crippen LogP contribution in [0.25, 0.3) is 0 Å². The second kappa shape index (κ2) is 17.1. The molecular weight excluding hydrogens is 160 g/mol. The van der Waals surface area contributed by atoms with Crippen LogP contribution >= 0.6 is 0 Å². The summed E-state index contributed by atoms with van der Waals surface area (Å²) in [7, 11) is 3.22. The normalized spacial score (nSPS) is 9.00. The SMILES string of the molecule is CCOCCOC.COCCO. The molecule has 0 aliphatic carbocycles. The summed E-state index contributed by atoms with van der Waals surface area (Å²) in [5.74, 6) is 0. The lowest BCUT2D eigenvalue weighted by atomic mass is 10.7. The molecule has 1 N–H and O–H groups in total. The Balaban J connectivity index is 0. The molecule has 0 radical (unpaired) electrons. The van der Waals surface area contributed by atoms with E-state index in [0.29, 0.717) is 19.8 Å². The lowest BCUT2D eigenvalue weighted by molar-refractivity contribution is 0.0777. The Morgan fingerprint density at radius 2 is 1.58 bits per heavy atom. The molecule has 0 heterocycles. The molecule has 0 aliphatic heterocycles. The van der Waals surface area contributed by atoms with Crippen LogP contribution in [-0.2, 0) is 14.2 Å². The maximum absolute atomic E-state index is 7.94. The molecule has 0 aromatic rings. The van der Waals surface area contributed by atoms with E-state index in [2.05, 4.69) is 4.74 Å². The van der Waals surface area contributed by atoms with Gasteiger partial charge in [-0.15, -0.1) is 0 Å². The first-order valence-electron chi connectivity index (χ1n) is 3.99. The van der Waals surface area contributed by atoms with E-state index in [9.17, 15) is 0 Å². The minimum atomic E-state index is 0.122. The molecule has 0 aromatic heterocycles. The van der Waals surface area contributed by atoms with E-state index in [1.807, 2.05) is 6.92 Å². The van der Waals surface area contributed by atoms with Crippen LogP contribution in [0.1, 0.15) is 6.92 Å². The van der Waals surface area contributed by atoms with Crippen LogP contribution < -0.4 is 0 Å². The van der Waals surface area contributed by atoms with Crippen molar-refractivity contribution in [1.82, 2.24) is 0 Å². The summed E-state index contributed by atoms with van der Waals surface area (Å²) in [6.07, 6.45) is 0. The van der Waals surface area contributed by atoms with E-state index >= 15 is 0 Å². The van der Waals surface area contributed by atoms with Gasteiger partial charge in [0.15, 0.2) is 0 Å². The maximum atomic E-state index is 7.94. The Kier molecular flexibility index (Phi) is 20.4. The Bertz CT molecular complexity index is 53.0. The van der Waals surface area contributed by atoms with E-state index in [1.54, 1.807) is 14.2 Å². The van der Waals surface area contributed by atoms with Crippen molar-refractivity contribution in [2.24, 2.45) is 0 Å². The predicted molar refractivity (Wildman–Crippen MR) is 47.3 cm³/mol. The first-order valence-corrected chi connectivity index (χ1v) is 3.99. The number of ether oxygens (including phenoxy) is 3. The molecule has 0 aromatic carbocycles. The molecule has 0 fully saturated rings. The van der Waals surface area contributed by atoms with Gasteiger partial charge in [0.25, 0.3) is 0 Å². The number of hydrogen-bond acceptors (Lipinski definition) is 4. The molecule has 0 atom stereocenters. The van der Waals surface area contributed by atoms with Crippen molar-refractivity contribution < 1.29 is 19.3 Å². The van der Waals surface area contributed by atoms with Gasteiger partial charge in [0.1, 0.15) is 0 Å². The molecule has 0 rings (SSSR count). The van der Waals surface area contributed by atoms with Crippen molar-refractivity contribution in [3.8, 4) is 0 Å². The van der Waals surface area contributed by atoms with Gasteiger partial charge >= 0.3 is 0 Å². The highest BCUT2D eigenvalue weighted by molar-refractivity contribution is 4.21. The Labute approximate surface area is 74.4 Å².